The fourth-order valence-electron chi connectivity index (χ4n) is 2.42. The number of hydrogen-bond donors (Lipinski definition) is 1. The molecule has 1 amide bonds. The SMILES string of the molecule is CCOC(=O)c1c(C)nn(C)c1NC(=O)CCCOc1ccccc1Cl. The van der Waals surface area contributed by atoms with E-state index in [9.17, 15) is 9.59 Å². The molecule has 1 aromatic carbocycles. The zero-order chi connectivity index (χ0) is 19.1. The van der Waals surface area contributed by atoms with Crippen molar-refractivity contribution < 1.29 is 19.1 Å². The highest BCUT2D eigenvalue weighted by atomic mass is 35.5. The van der Waals surface area contributed by atoms with E-state index in [4.69, 9.17) is 21.1 Å². The molecule has 2 aromatic rings. The van der Waals surface area contributed by atoms with Crippen LogP contribution in [0.5, 0.6) is 5.75 Å². The zero-order valence-electron chi connectivity index (χ0n) is 15.0. The van der Waals surface area contributed by atoms with Gasteiger partial charge in [0.15, 0.2) is 0 Å². The second-order valence-corrected chi connectivity index (χ2v) is 5.99. The third-order valence-electron chi connectivity index (χ3n) is 3.60. The van der Waals surface area contributed by atoms with Crippen LogP contribution in [0.1, 0.15) is 35.8 Å². The number of rotatable bonds is 8. The molecule has 1 aromatic heterocycles. The maximum Gasteiger partial charge on any atom is 0.343 e. The number of para-hydroxylation sites is 1. The Bertz CT molecular complexity index is 789. The molecule has 140 valence electrons. The maximum atomic E-state index is 12.2. The Morgan fingerprint density at radius 3 is 2.73 bits per heavy atom. The summed E-state index contributed by atoms with van der Waals surface area (Å²) in [5.41, 5.74) is 0.776. The van der Waals surface area contributed by atoms with Gasteiger partial charge in [0.05, 0.1) is 23.9 Å². The van der Waals surface area contributed by atoms with Crippen LogP contribution in [-0.4, -0.2) is 34.9 Å². The third kappa shape index (κ3) is 4.98. The number of halogens is 1. The Hall–Kier alpha value is -2.54. The van der Waals surface area contributed by atoms with Gasteiger partial charge in [-0.3, -0.25) is 9.48 Å². The number of carbonyl (C=O) groups excluding carboxylic acids is 2. The Labute approximate surface area is 157 Å². The Morgan fingerprint density at radius 1 is 1.31 bits per heavy atom. The molecular weight excluding hydrogens is 358 g/mol. The van der Waals surface area contributed by atoms with Crippen molar-refractivity contribution >= 4 is 29.3 Å². The molecule has 0 saturated heterocycles. The van der Waals surface area contributed by atoms with Crippen molar-refractivity contribution in [3.63, 3.8) is 0 Å². The lowest BCUT2D eigenvalue weighted by Gasteiger charge is -2.09. The van der Waals surface area contributed by atoms with Gasteiger partial charge in [0.1, 0.15) is 17.1 Å². The number of hydrogen-bond acceptors (Lipinski definition) is 5. The van der Waals surface area contributed by atoms with Gasteiger partial charge < -0.3 is 14.8 Å². The van der Waals surface area contributed by atoms with E-state index in [1.54, 1.807) is 33.0 Å². The van der Waals surface area contributed by atoms with Crippen molar-refractivity contribution in [2.45, 2.75) is 26.7 Å². The van der Waals surface area contributed by atoms with Gasteiger partial charge in [-0.25, -0.2) is 4.79 Å². The molecule has 0 unspecified atom stereocenters. The monoisotopic (exact) mass is 379 g/mol. The third-order valence-corrected chi connectivity index (χ3v) is 3.91. The Morgan fingerprint density at radius 2 is 2.04 bits per heavy atom. The number of esters is 1. The van der Waals surface area contributed by atoms with Crippen LogP contribution in [0.2, 0.25) is 5.02 Å². The molecule has 0 radical (unpaired) electrons. The van der Waals surface area contributed by atoms with E-state index in [0.29, 0.717) is 35.3 Å². The number of nitrogens with one attached hydrogen (secondary N) is 1. The molecule has 0 fully saturated rings. The van der Waals surface area contributed by atoms with Crippen LogP contribution in [-0.2, 0) is 16.6 Å². The highest BCUT2D eigenvalue weighted by Crippen LogP contribution is 2.23. The Kier molecular flexibility index (Phi) is 7.03. The molecule has 0 spiro atoms. The van der Waals surface area contributed by atoms with Crippen molar-refractivity contribution in [3.05, 3.63) is 40.5 Å². The topological polar surface area (TPSA) is 82.5 Å². The van der Waals surface area contributed by atoms with Crippen LogP contribution in [0.4, 0.5) is 5.82 Å². The van der Waals surface area contributed by atoms with Crippen molar-refractivity contribution in [3.8, 4) is 5.75 Å². The first-order chi connectivity index (χ1) is 12.4. The number of amides is 1. The van der Waals surface area contributed by atoms with Crippen molar-refractivity contribution in [2.24, 2.45) is 7.05 Å². The fraction of sp³-hybridized carbons (Fsp3) is 0.389. The molecule has 7 nitrogen and oxygen atoms in total. The van der Waals surface area contributed by atoms with Gasteiger partial charge in [-0.15, -0.1) is 0 Å². The van der Waals surface area contributed by atoms with Crippen LogP contribution in [0.15, 0.2) is 24.3 Å². The molecule has 0 bridgehead atoms. The summed E-state index contributed by atoms with van der Waals surface area (Å²) in [6.07, 6.45) is 0.736. The minimum Gasteiger partial charge on any atom is -0.492 e. The number of benzene rings is 1. The normalized spacial score (nSPS) is 10.5. The van der Waals surface area contributed by atoms with Gasteiger partial charge >= 0.3 is 5.97 Å². The molecule has 0 saturated carbocycles. The maximum absolute atomic E-state index is 12.2. The zero-order valence-corrected chi connectivity index (χ0v) is 15.8. The quantitative estimate of drug-likeness (QED) is 0.561. The second-order valence-electron chi connectivity index (χ2n) is 5.58. The predicted molar refractivity (Wildman–Crippen MR) is 98.7 cm³/mol. The lowest BCUT2D eigenvalue weighted by Crippen LogP contribution is -2.18. The van der Waals surface area contributed by atoms with Crippen LogP contribution in [0, 0.1) is 6.92 Å². The van der Waals surface area contributed by atoms with Gasteiger partial charge in [0.25, 0.3) is 0 Å². The van der Waals surface area contributed by atoms with Crippen molar-refractivity contribution in [1.82, 2.24) is 9.78 Å². The summed E-state index contributed by atoms with van der Waals surface area (Å²) in [7, 11) is 1.66. The standard InChI is InChI=1S/C18H22ClN3O4/c1-4-25-18(24)16-12(2)21-22(3)17(16)20-15(23)10-7-11-26-14-9-6-5-8-13(14)19/h5-6,8-9H,4,7,10-11H2,1-3H3,(H,20,23). The second kappa shape index (κ2) is 9.24. The molecule has 1 N–H and O–H groups in total. The molecule has 2 rings (SSSR count). The Balaban J connectivity index is 1.90. The van der Waals surface area contributed by atoms with E-state index in [1.807, 2.05) is 12.1 Å². The van der Waals surface area contributed by atoms with E-state index in [-0.39, 0.29) is 24.5 Å². The first-order valence-electron chi connectivity index (χ1n) is 8.32. The first kappa shape index (κ1) is 19.8. The van der Waals surface area contributed by atoms with E-state index < -0.39 is 5.97 Å². The summed E-state index contributed by atoms with van der Waals surface area (Å²) in [6.45, 7) is 4.02. The average molecular weight is 380 g/mol. The molecule has 26 heavy (non-hydrogen) atoms. The van der Waals surface area contributed by atoms with E-state index in [0.717, 1.165) is 0 Å². The summed E-state index contributed by atoms with van der Waals surface area (Å²) in [5.74, 6) is 0.177. The number of anilines is 1. The van der Waals surface area contributed by atoms with E-state index in [1.165, 1.54) is 4.68 Å². The number of ether oxygens (including phenoxy) is 2. The lowest BCUT2D eigenvalue weighted by molar-refractivity contribution is -0.116. The van der Waals surface area contributed by atoms with Gasteiger partial charge in [-0.05, 0) is 32.4 Å². The van der Waals surface area contributed by atoms with E-state index >= 15 is 0 Å². The summed E-state index contributed by atoms with van der Waals surface area (Å²) in [5, 5.41) is 7.43. The summed E-state index contributed by atoms with van der Waals surface area (Å²) < 4.78 is 12.0. The van der Waals surface area contributed by atoms with Crippen LogP contribution in [0.25, 0.3) is 0 Å². The largest absolute Gasteiger partial charge is 0.492 e. The van der Waals surface area contributed by atoms with Gasteiger partial charge in [-0.1, -0.05) is 23.7 Å². The molecule has 0 atom stereocenters. The van der Waals surface area contributed by atoms with Crippen LogP contribution in [0.3, 0.4) is 0 Å². The average Bonchev–Trinajstić information content (AvgIpc) is 2.87. The lowest BCUT2D eigenvalue weighted by atomic mass is 10.2. The molecular formula is C18H22ClN3O4. The molecule has 0 aliphatic rings. The predicted octanol–water partition coefficient (Wildman–Crippen LogP) is 3.36. The fourth-order valence-corrected chi connectivity index (χ4v) is 2.61. The number of aryl methyl sites for hydroxylation is 2. The molecule has 8 heteroatoms. The first-order valence-corrected chi connectivity index (χ1v) is 8.69. The molecule has 0 aliphatic carbocycles. The van der Waals surface area contributed by atoms with E-state index in [2.05, 4.69) is 10.4 Å². The summed E-state index contributed by atoms with van der Waals surface area (Å²) in [6, 6.07) is 7.16. The minimum absolute atomic E-state index is 0.233. The number of aromatic nitrogens is 2. The molecule has 0 aliphatic heterocycles. The minimum atomic E-state index is -0.504. The van der Waals surface area contributed by atoms with Gasteiger partial charge in [-0.2, -0.15) is 5.10 Å². The number of nitrogens with zero attached hydrogens (tertiary/aromatic N) is 2. The van der Waals surface area contributed by atoms with Crippen molar-refractivity contribution in [1.29, 1.82) is 0 Å². The smallest absolute Gasteiger partial charge is 0.343 e. The van der Waals surface area contributed by atoms with Gasteiger partial charge in [0, 0.05) is 13.5 Å². The van der Waals surface area contributed by atoms with Crippen LogP contribution < -0.4 is 10.1 Å². The highest BCUT2D eigenvalue weighted by Gasteiger charge is 2.22. The number of carbonyl (C=O) groups is 2. The van der Waals surface area contributed by atoms with Crippen LogP contribution >= 0.6 is 11.6 Å². The van der Waals surface area contributed by atoms with Gasteiger partial charge in [0.2, 0.25) is 5.91 Å². The highest BCUT2D eigenvalue weighted by molar-refractivity contribution is 6.32. The molecule has 1 heterocycles. The summed E-state index contributed by atoms with van der Waals surface area (Å²) in [4.78, 5) is 24.3. The van der Waals surface area contributed by atoms with Crippen molar-refractivity contribution in [2.75, 3.05) is 18.5 Å². The summed E-state index contributed by atoms with van der Waals surface area (Å²) >= 11 is 6.01.